The Labute approximate surface area is 121 Å². The van der Waals surface area contributed by atoms with Crippen molar-refractivity contribution in [3.05, 3.63) is 46.8 Å². The van der Waals surface area contributed by atoms with Gasteiger partial charge in [-0.05, 0) is 30.5 Å². The van der Waals surface area contributed by atoms with Crippen molar-refractivity contribution in [2.45, 2.75) is 26.7 Å². The van der Waals surface area contributed by atoms with Crippen molar-refractivity contribution in [2.24, 2.45) is 0 Å². The quantitative estimate of drug-likeness (QED) is 0.902. The number of nitrogens with one attached hydrogen (secondary N) is 1. The topological polar surface area (TPSA) is 92.4 Å². The maximum atomic E-state index is 12.0. The minimum absolute atomic E-state index is 0.0937. The van der Waals surface area contributed by atoms with E-state index in [0.29, 0.717) is 16.9 Å². The zero-order chi connectivity index (χ0) is 15.6. The summed E-state index contributed by atoms with van der Waals surface area (Å²) >= 11 is 0. The Morgan fingerprint density at radius 1 is 1.29 bits per heavy atom. The molecule has 0 saturated carbocycles. The van der Waals surface area contributed by atoms with Crippen LogP contribution < -0.4 is 5.32 Å². The van der Waals surface area contributed by atoms with Crippen LogP contribution in [0, 0.1) is 6.92 Å². The second-order valence-electron chi connectivity index (χ2n) is 5.06. The first-order valence-electron chi connectivity index (χ1n) is 6.50. The average Bonchev–Trinajstić information content (AvgIpc) is 2.90. The van der Waals surface area contributed by atoms with E-state index in [4.69, 9.17) is 9.63 Å². The molecule has 6 nitrogen and oxygen atoms in total. The van der Waals surface area contributed by atoms with E-state index in [0.717, 1.165) is 0 Å². The number of nitrogens with zero attached hydrogens (tertiary/aromatic N) is 1. The van der Waals surface area contributed by atoms with E-state index in [1.54, 1.807) is 25.1 Å². The summed E-state index contributed by atoms with van der Waals surface area (Å²) < 4.78 is 4.98. The summed E-state index contributed by atoms with van der Waals surface area (Å²) in [6.45, 7) is 5.58. The molecular weight excluding hydrogens is 272 g/mol. The molecular formula is C15H16N2O4. The fourth-order valence-electron chi connectivity index (χ4n) is 1.79. The first-order chi connectivity index (χ1) is 9.88. The van der Waals surface area contributed by atoms with E-state index >= 15 is 0 Å². The maximum absolute atomic E-state index is 12.0. The molecule has 2 N–H and O–H groups in total. The molecule has 110 valence electrons. The number of hydrogen-bond acceptors (Lipinski definition) is 4. The van der Waals surface area contributed by atoms with E-state index in [-0.39, 0.29) is 17.2 Å². The van der Waals surface area contributed by atoms with Crippen LogP contribution in [-0.2, 0) is 0 Å². The maximum Gasteiger partial charge on any atom is 0.336 e. The Balaban J connectivity index is 2.19. The van der Waals surface area contributed by atoms with Crippen molar-refractivity contribution in [1.29, 1.82) is 0 Å². The largest absolute Gasteiger partial charge is 0.478 e. The molecule has 0 spiro atoms. The number of aryl methyl sites for hydroxylation is 1. The van der Waals surface area contributed by atoms with Crippen LogP contribution in [0.5, 0.6) is 0 Å². The van der Waals surface area contributed by atoms with Gasteiger partial charge in [-0.15, -0.1) is 0 Å². The average molecular weight is 288 g/mol. The third-order valence-corrected chi connectivity index (χ3v) is 3.07. The predicted molar refractivity (Wildman–Crippen MR) is 76.7 cm³/mol. The van der Waals surface area contributed by atoms with Gasteiger partial charge in [-0.2, -0.15) is 0 Å². The monoisotopic (exact) mass is 288 g/mol. The zero-order valence-electron chi connectivity index (χ0n) is 12.0. The van der Waals surface area contributed by atoms with Crippen molar-refractivity contribution in [3.8, 4) is 0 Å². The van der Waals surface area contributed by atoms with Crippen LogP contribution in [-0.4, -0.2) is 22.1 Å². The molecule has 0 fully saturated rings. The number of amides is 1. The molecule has 1 amide bonds. The highest BCUT2D eigenvalue weighted by Gasteiger charge is 2.16. The van der Waals surface area contributed by atoms with Gasteiger partial charge < -0.3 is 14.9 Å². The molecule has 6 heteroatoms. The van der Waals surface area contributed by atoms with Gasteiger partial charge in [0.15, 0.2) is 0 Å². The second-order valence-corrected chi connectivity index (χ2v) is 5.06. The molecule has 2 aromatic rings. The van der Waals surface area contributed by atoms with Gasteiger partial charge in [-0.3, -0.25) is 4.79 Å². The number of aromatic carboxylic acids is 1. The lowest BCUT2D eigenvalue weighted by Crippen LogP contribution is -2.12. The smallest absolute Gasteiger partial charge is 0.336 e. The van der Waals surface area contributed by atoms with Crippen LogP contribution in [0.4, 0.5) is 5.69 Å². The lowest BCUT2D eigenvalue weighted by molar-refractivity contribution is 0.0695. The van der Waals surface area contributed by atoms with Crippen LogP contribution in [0.2, 0.25) is 0 Å². The number of aromatic nitrogens is 1. The van der Waals surface area contributed by atoms with Crippen molar-refractivity contribution >= 4 is 17.6 Å². The Morgan fingerprint density at radius 2 is 2.00 bits per heavy atom. The molecule has 2 rings (SSSR count). The van der Waals surface area contributed by atoms with Crippen molar-refractivity contribution < 1.29 is 19.2 Å². The molecule has 1 aromatic carbocycles. The number of carbonyl (C=O) groups excluding carboxylic acids is 1. The van der Waals surface area contributed by atoms with Crippen LogP contribution in [0.25, 0.3) is 0 Å². The minimum Gasteiger partial charge on any atom is -0.478 e. The number of anilines is 1. The summed E-state index contributed by atoms with van der Waals surface area (Å²) in [7, 11) is 0. The van der Waals surface area contributed by atoms with Crippen molar-refractivity contribution in [2.75, 3.05) is 5.32 Å². The molecule has 1 heterocycles. The number of hydrogen-bond donors (Lipinski definition) is 2. The number of rotatable bonds is 4. The molecule has 0 aliphatic carbocycles. The highest BCUT2D eigenvalue weighted by atomic mass is 16.5. The van der Waals surface area contributed by atoms with Crippen molar-refractivity contribution in [3.63, 3.8) is 0 Å². The summed E-state index contributed by atoms with van der Waals surface area (Å²) in [6, 6.07) is 6.26. The molecule has 0 bridgehead atoms. The summed E-state index contributed by atoms with van der Waals surface area (Å²) in [6.07, 6.45) is 0. The summed E-state index contributed by atoms with van der Waals surface area (Å²) in [5.74, 6) is -1.25. The molecule has 0 radical (unpaired) electrons. The SMILES string of the molecule is Cc1ccc(NC(=O)c2cc(C(C)C)no2)cc1C(=O)O. The number of carboxylic acids is 1. The van der Waals surface area contributed by atoms with E-state index in [1.165, 1.54) is 6.07 Å². The lowest BCUT2D eigenvalue weighted by Gasteiger charge is -2.06. The molecule has 0 unspecified atom stereocenters. The summed E-state index contributed by atoms with van der Waals surface area (Å²) in [5, 5.41) is 15.5. The third kappa shape index (κ3) is 3.28. The fourth-order valence-corrected chi connectivity index (χ4v) is 1.79. The lowest BCUT2D eigenvalue weighted by atomic mass is 10.1. The second kappa shape index (κ2) is 5.78. The van der Waals surface area contributed by atoms with E-state index < -0.39 is 11.9 Å². The standard InChI is InChI=1S/C15H16N2O4/c1-8(2)12-7-13(21-17-12)14(18)16-10-5-4-9(3)11(6-10)15(19)20/h4-8H,1-3H3,(H,16,18)(H,19,20). The van der Waals surface area contributed by atoms with Gasteiger partial charge in [-0.25, -0.2) is 4.79 Å². The summed E-state index contributed by atoms with van der Waals surface area (Å²) in [5.41, 5.74) is 1.86. The summed E-state index contributed by atoms with van der Waals surface area (Å²) in [4.78, 5) is 23.1. The highest BCUT2D eigenvalue weighted by Crippen LogP contribution is 2.18. The Bertz CT molecular complexity index is 689. The van der Waals surface area contributed by atoms with Crippen LogP contribution in [0.3, 0.4) is 0 Å². The highest BCUT2D eigenvalue weighted by molar-refractivity contribution is 6.03. The van der Waals surface area contributed by atoms with E-state index in [9.17, 15) is 9.59 Å². The first-order valence-corrected chi connectivity index (χ1v) is 6.50. The Morgan fingerprint density at radius 3 is 2.57 bits per heavy atom. The number of carboxylic acid groups (broad SMARTS) is 1. The van der Waals surface area contributed by atoms with Gasteiger partial charge >= 0.3 is 5.97 Å². The zero-order valence-corrected chi connectivity index (χ0v) is 12.0. The molecule has 1 aromatic heterocycles. The molecule has 0 atom stereocenters. The Hall–Kier alpha value is -2.63. The van der Waals surface area contributed by atoms with Gasteiger partial charge in [0.2, 0.25) is 5.76 Å². The van der Waals surface area contributed by atoms with Crippen molar-refractivity contribution in [1.82, 2.24) is 5.16 Å². The Kier molecular flexibility index (Phi) is 4.07. The minimum atomic E-state index is -1.04. The van der Waals surface area contributed by atoms with Crippen LogP contribution in [0.15, 0.2) is 28.8 Å². The first kappa shape index (κ1) is 14.8. The van der Waals surface area contributed by atoms with Gasteiger partial charge in [-0.1, -0.05) is 25.1 Å². The van der Waals surface area contributed by atoms with Crippen LogP contribution >= 0.6 is 0 Å². The van der Waals surface area contributed by atoms with E-state index in [2.05, 4.69) is 10.5 Å². The number of benzene rings is 1. The van der Waals surface area contributed by atoms with Crippen LogP contribution in [0.1, 0.15) is 51.9 Å². The van der Waals surface area contributed by atoms with Gasteiger partial charge in [0.25, 0.3) is 5.91 Å². The van der Waals surface area contributed by atoms with E-state index in [1.807, 2.05) is 13.8 Å². The van der Waals surface area contributed by atoms with Gasteiger partial charge in [0.1, 0.15) is 0 Å². The van der Waals surface area contributed by atoms with Gasteiger partial charge in [0, 0.05) is 11.8 Å². The molecule has 0 aliphatic heterocycles. The predicted octanol–water partition coefficient (Wildman–Crippen LogP) is 3.06. The molecule has 0 saturated heterocycles. The third-order valence-electron chi connectivity index (χ3n) is 3.07. The molecule has 21 heavy (non-hydrogen) atoms. The normalized spacial score (nSPS) is 10.7. The fraction of sp³-hybridized carbons (Fsp3) is 0.267. The van der Waals surface area contributed by atoms with Gasteiger partial charge in [0.05, 0.1) is 11.3 Å². The number of carbonyl (C=O) groups is 2. The molecule has 0 aliphatic rings.